The third-order valence-corrected chi connectivity index (χ3v) is 14.3. The van der Waals surface area contributed by atoms with Gasteiger partial charge in [-0.15, -0.1) is 0 Å². The van der Waals surface area contributed by atoms with Crippen molar-refractivity contribution in [2.75, 3.05) is 0 Å². The Balaban J connectivity index is 0.949. The lowest BCUT2D eigenvalue weighted by atomic mass is 9.69. The highest BCUT2D eigenvalue weighted by atomic mass is 14.5. The normalized spacial score (nSPS) is 41.6. The Bertz CT molecular complexity index is 677. The van der Waals surface area contributed by atoms with E-state index < -0.39 is 0 Å². The average Bonchev–Trinajstić information content (AvgIpc) is 3.67. The molecule has 0 aromatic rings. The van der Waals surface area contributed by atoms with Crippen LogP contribution in [0.4, 0.5) is 0 Å². The van der Waals surface area contributed by atoms with Crippen molar-refractivity contribution in [2.24, 2.45) is 58.7 Å². The van der Waals surface area contributed by atoms with Gasteiger partial charge in [-0.3, -0.25) is 0 Å². The Hall–Kier alpha value is 0. The molecule has 6 saturated carbocycles. The molecule has 0 saturated heterocycles. The molecule has 0 bridgehead atoms. The van der Waals surface area contributed by atoms with Gasteiger partial charge in [0.1, 0.15) is 0 Å². The van der Waals surface area contributed by atoms with Crippen LogP contribution in [-0.4, -0.2) is 0 Å². The molecule has 0 N–H and O–H groups in total. The highest BCUT2D eigenvalue weighted by molar-refractivity contribution is 5.00. The highest BCUT2D eigenvalue weighted by Gasteiger charge is 2.49. The summed E-state index contributed by atoms with van der Waals surface area (Å²) in [6, 6.07) is 0. The van der Waals surface area contributed by atoms with Crippen molar-refractivity contribution >= 4 is 0 Å². The first kappa shape index (κ1) is 27.2. The topological polar surface area (TPSA) is 0 Å². The second-order valence-electron chi connectivity index (χ2n) is 16.1. The minimum Gasteiger partial charge on any atom is -0.0651 e. The highest BCUT2D eigenvalue weighted by Crippen LogP contribution is 2.60. The molecule has 6 aliphatic carbocycles. The van der Waals surface area contributed by atoms with E-state index in [1.807, 2.05) is 0 Å². The maximum absolute atomic E-state index is 2.51. The predicted molar refractivity (Wildman–Crippen MR) is 160 cm³/mol. The average molecular weight is 509 g/mol. The van der Waals surface area contributed by atoms with Crippen molar-refractivity contribution in [1.29, 1.82) is 0 Å². The number of hydrogen-bond acceptors (Lipinski definition) is 0. The van der Waals surface area contributed by atoms with E-state index in [2.05, 4.69) is 6.92 Å². The van der Waals surface area contributed by atoms with Gasteiger partial charge in [0.15, 0.2) is 0 Å². The summed E-state index contributed by atoms with van der Waals surface area (Å²) < 4.78 is 0. The van der Waals surface area contributed by atoms with Crippen molar-refractivity contribution in [3.63, 3.8) is 0 Å². The Morgan fingerprint density at radius 3 is 2.08 bits per heavy atom. The van der Waals surface area contributed by atoms with Gasteiger partial charge in [-0.1, -0.05) is 96.8 Å². The van der Waals surface area contributed by atoms with Crippen LogP contribution >= 0.6 is 0 Å². The first-order valence-corrected chi connectivity index (χ1v) is 18.2. The number of rotatable bonds is 9. The maximum atomic E-state index is 2.51. The van der Waals surface area contributed by atoms with Crippen molar-refractivity contribution in [1.82, 2.24) is 0 Å². The van der Waals surface area contributed by atoms with Crippen molar-refractivity contribution < 1.29 is 0 Å². The van der Waals surface area contributed by atoms with Crippen molar-refractivity contribution in [3.8, 4) is 0 Å². The zero-order valence-corrected chi connectivity index (χ0v) is 25.1. The summed E-state index contributed by atoms with van der Waals surface area (Å²) in [6.45, 7) is 2.51. The molecule has 0 heterocycles. The molecule has 8 unspecified atom stereocenters. The van der Waals surface area contributed by atoms with Crippen molar-refractivity contribution in [3.05, 3.63) is 0 Å². The number of hydrogen-bond donors (Lipinski definition) is 0. The summed E-state index contributed by atoms with van der Waals surface area (Å²) in [5.41, 5.74) is 0.835. The van der Waals surface area contributed by atoms with Gasteiger partial charge >= 0.3 is 0 Å². The fourth-order valence-electron chi connectivity index (χ4n) is 12.0. The van der Waals surface area contributed by atoms with Crippen LogP contribution in [0, 0.1) is 58.7 Å². The first-order chi connectivity index (χ1) is 18.2. The largest absolute Gasteiger partial charge is 0.0651 e. The van der Waals surface area contributed by atoms with Crippen LogP contribution in [0.2, 0.25) is 0 Å². The lowest BCUT2D eigenvalue weighted by molar-refractivity contribution is 0.136. The fraction of sp³-hybridized carbons (Fsp3) is 1.00. The van der Waals surface area contributed by atoms with E-state index in [0.717, 1.165) is 58.7 Å². The fourth-order valence-corrected chi connectivity index (χ4v) is 12.0. The minimum absolute atomic E-state index is 0.835. The van der Waals surface area contributed by atoms with Gasteiger partial charge in [0, 0.05) is 0 Å². The Kier molecular flexibility index (Phi) is 9.31. The van der Waals surface area contributed by atoms with Crippen LogP contribution in [0.3, 0.4) is 0 Å². The zero-order chi connectivity index (χ0) is 25.1. The molecule has 0 aromatic carbocycles. The molecule has 0 aliphatic heterocycles. The standard InChI is InChI=1S/C37H64/c1-2-31(17-14-28-10-7-11-28)32-12-4-3-9-29(15-18-32)25-30-16-19-33(26-30)34-20-21-35(27-34)36-13-8-24-37(36)22-5-6-23-37/h28-36H,2-27H2,1H3. The van der Waals surface area contributed by atoms with Gasteiger partial charge in [-0.2, -0.15) is 0 Å². The smallest absolute Gasteiger partial charge is 0.0267 e. The van der Waals surface area contributed by atoms with E-state index >= 15 is 0 Å². The van der Waals surface area contributed by atoms with E-state index in [1.165, 1.54) is 12.8 Å². The molecule has 1 spiro atoms. The monoisotopic (exact) mass is 509 g/mol. The van der Waals surface area contributed by atoms with E-state index in [0.29, 0.717) is 0 Å². The molecule has 6 fully saturated rings. The van der Waals surface area contributed by atoms with Crippen LogP contribution in [0.5, 0.6) is 0 Å². The minimum atomic E-state index is 0.835. The summed E-state index contributed by atoms with van der Waals surface area (Å²) >= 11 is 0. The van der Waals surface area contributed by atoms with Crippen LogP contribution in [-0.2, 0) is 0 Å². The van der Waals surface area contributed by atoms with E-state index in [1.54, 1.807) is 154 Å². The van der Waals surface area contributed by atoms with Gasteiger partial charge in [-0.05, 0) is 136 Å². The summed E-state index contributed by atoms with van der Waals surface area (Å²) in [5, 5.41) is 0. The third kappa shape index (κ3) is 6.34. The second-order valence-corrected chi connectivity index (χ2v) is 16.1. The quantitative estimate of drug-likeness (QED) is 0.290. The molecule has 0 aromatic heterocycles. The lowest BCUT2D eigenvalue weighted by Crippen LogP contribution is -2.27. The van der Waals surface area contributed by atoms with E-state index in [-0.39, 0.29) is 0 Å². The maximum Gasteiger partial charge on any atom is -0.0267 e. The SMILES string of the molecule is CCC(CCC1CCC1)C1CCCCC(CC2CCC(C3CCC(C4CCCC45CCCC5)C3)C2)CC1. The molecule has 37 heavy (non-hydrogen) atoms. The van der Waals surface area contributed by atoms with Gasteiger partial charge in [-0.25, -0.2) is 0 Å². The molecule has 0 heteroatoms. The van der Waals surface area contributed by atoms with Crippen LogP contribution in [0.25, 0.3) is 0 Å². The van der Waals surface area contributed by atoms with Gasteiger partial charge in [0.25, 0.3) is 0 Å². The molecular weight excluding hydrogens is 444 g/mol. The lowest BCUT2D eigenvalue weighted by Gasteiger charge is -2.36. The molecule has 0 amide bonds. The third-order valence-electron chi connectivity index (χ3n) is 14.3. The first-order valence-electron chi connectivity index (χ1n) is 18.2. The molecular formula is C37H64. The van der Waals surface area contributed by atoms with Gasteiger partial charge in [0.05, 0.1) is 0 Å². The summed E-state index contributed by atoms with van der Waals surface area (Å²) in [7, 11) is 0. The second kappa shape index (κ2) is 12.7. The molecule has 8 atom stereocenters. The molecule has 0 radical (unpaired) electrons. The van der Waals surface area contributed by atoms with Gasteiger partial charge < -0.3 is 0 Å². The van der Waals surface area contributed by atoms with Crippen LogP contribution in [0.15, 0.2) is 0 Å². The molecule has 212 valence electrons. The Morgan fingerprint density at radius 2 is 1.27 bits per heavy atom. The van der Waals surface area contributed by atoms with Crippen molar-refractivity contribution in [2.45, 2.75) is 174 Å². The zero-order valence-electron chi connectivity index (χ0n) is 25.1. The van der Waals surface area contributed by atoms with E-state index in [4.69, 9.17) is 0 Å². The van der Waals surface area contributed by atoms with E-state index in [9.17, 15) is 0 Å². The van der Waals surface area contributed by atoms with Crippen LogP contribution < -0.4 is 0 Å². The Morgan fingerprint density at radius 1 is 0.568 bits per heavy atom. The summed E-state index contributed by atoms with van der Waals surface area (Å²) in [4.78, 5) is 0. The summed E-state index contributed by atoms with van der Waals surface area (Å²) in [5.74, 6) is 9.91. The summed E-state index contributed by atoms with van der Waals surface area (Å²) in [6.07, 6.45) is 41.0. The molecule has 0 nitrogen and oxygen atoms in total. The predicted octanol–water partition coefficient (Wildman–Crippen LogP) is 11.8. The molecule has 6 rings (SSSR count). The van der Waals surface area contributed by atoms with Gasteiger partial charge in [0.2, 0.25) is 0 Å². The van der Waals surface area contributed by atoms with Crippen LogP contribution in [0.1, 0.15) is 174 Å². The molecule has 6 aliphatic rings. The Labute approximate surface area is 232 Å².